The molecule has 0 spiro atoms. The molecule has 11 heteroatoms. The van der Waals surface area contributed by atoms with Crippen LogP contribution in [0.1, 0.15) is 50.2 Å². The number of rotatable bonds is 8. The number of pyridine rings is 1. The van der Waals surface area contributed by atoms with E-state index in [9.17, 15) is 19.5 Å². The smallest absolute Gasteiger partial charge is 0.261 e. The predicted molar refractivity (Wildman–Crippen MR) is 164 cm³/mol. The number of anilines is 1. The fourth-order valence-electron chi connectivity index (χ4n) is 6.19. The van der Waals surface area contributed by atoms with Gasteiger partial charge in [-0.05, 0) is 83.1 Å². The molecule has 0 radical (unpaired) electrons. The molecule has 11 nitrogen and oxygen atoms in total. The Kier molecular flexibility index (Phi) is 7.53. The summed E-state index contributed by atoms with van der Waals surface area (Å²) in [5, 5.41) is 13.8. The van der Waals surface area contributed by atoms with E-state index in [4.69, 9.17) is 4.74 Å². The molecule has 4 aromatic rings. The zero-order chi connectivity index (χ0) is 30.4. The zero-order valence-electron chi connectivity index (χ0n) is 24.8. The molecular weight excluding hydrogens is 548 g/mol. The Bertz CT molecular complexity index is 1710. The number of carbonyl (C=O) groups excluding carboxylic acids is 2. The van der Waals surface area contributed by atoms with E-state index in [2.05, 4.69) is 25.2 Å². The molecule has 6 rings (SSSR count). The van der Waals surface area contributed by atoms with Crippen molar-refractivity contribution in [2.75, 3.05) is 38.6 Å². The van der Waals surface area contributed by atoms with Crippen LogP contribution in [0.15, 0.2) is 41.3 Å². The second-order valence-corrected chi connectivity index (χ2v) is 11.7. The number of amides is 2. The molecule has 1 unspecified atom stereocenters. The van der Waals surface area contributed by atoms with E-state index < -0.39 is 6.10 Å². The van der Waals surface area contributed by atoms with Crippen molar-refractivity contribution >= 4 is 28.5 Å². The summed E-state index contributed by atoms with van der Waals surface area (Å²) in [6.45, 7) is 7.85. The summed E-state index contributed by atoms with van der Waals surface area (Å²) in [4.78, 5) is 53.7. The summed E-state index contributed by atoms with van der Waals surface area (Å²) in [5.41, 5.74) is 5.19. The summed E-state index contributed by atoms with van der Waals surface area (Å²) in [6.07, 6.45) is 2.17. The molecule has 0 saturated carbocycles. The summed E-state index contributed by atoms with van der Waals surface area (Å²) in [7, 11) is 2.04. The first-order valence-corrected chi connectivity index (χ1v) is 14.6. The molecule has 2 aliphatic heterocycles. The van der Waals surface area contributed by atoms with Crippen LogP contribution in [0, 0.1) is 20.8 Å². The molecule has 4 N–H and O–H groups in total. The number of benzene rings is 2. The molecule has 4 heterocycles. The number of piperidine rings is 1. The number of H-pyrrole nitrogens is 2. The maximum absolute atomic E-state index is 13.3. The number of aliphatic hydroxyl groups is 1. The zero-order valence-corrected chi connectivity index (χ0v) is 24.8. The summed E-state index contributed by atoms with van der Waals surface area (Å²) in [5.74, 6) is 0.446. The highest BCUT2D eigenvalue weighted by Crippen LogP contribution is 2.33. The number of nitrogens with zero attached hydrogens (tertiary/aromatic N) is 3. The topological polar surface area (TPSA) is 144 Å². The van der Waals surface area contributed by atoms with Gasteiger partial charge in [-0.3, -0.25) is 19.3 Å². The standard InChI is InChI=1S/C32H36N6O5/c1-17-11-18(2)28(19(3)12-17)43-16-21(39)15-34-24-5-8-33-30(40)27(24)29-35-25-13-22-23(14-26(25)36-29)32(42)38(31(22)41)20-6-9-37(4)10-7-20/h5,8,11-14,20-21,39H,6-7,9-10,15-16H2,1-4H3,(H,35,36)(H2,33,34,40). The van der Waals surface area contributed by atoms with E-state index in [-0.39, 0.29) is 48.0 Å². The number of carbonyl (C=O) groups is 2. The minimum Gasteiger partial charge on any atom is -0.490 e. The van der Waals surface area contributed by atoms with Gasteiger partial charge >= 0.3 is 0 Å². The summed E-state index contributed by atoms with van der Waals surface area (Å²) >= 11 is 0. The number of aryl methyl sites for hydroxylation is 3. The van der Waals surface area contributed by atoms with Crippen molar-refractivity contribution in [2.24, 2.45) is 0 Å². The normalized spacial score (nSPS) is 16.6. The Morgan fingerprint density at radius 2 is 1.72 bits per heavy atom. The van der Waals surface area contributed by atoms with Gasteiger partial charge in [0.05, 0.1) is 27.8 Å². The van der Waals surface area contributed by atoms with E-state index in [0.717, 1.165) is 48.4 Å². The maximum Gasteiger partial charge on any atom is 0.261 e. The van der Waals surface area contributed by atoms with E-state index >= 15 is 0 Å². The number of imide groups is 1. The molecule has 224 valence electrons. The first-order chi connectivity index (χ1) is 20.6. The average molecular weight is 585 g/mol. The Hall–Kier alpha value is -4.48. The van der Waals surface area contributed by atoms with Crippen LogP contribution in [0.25, 0.3) is 22.4 Å². The second-order valence-electron chi connectivity index (χ2n) is 11.7. The van der Waals surface area contributed by atoms with Crippen LogP contribution in [0.3, 0.4) is 0 Å². The third kappa shape index (κ3) is 5.41. The number of ether oxygens (including phenoxy) is 1. The maximum atomic E-state index is 13.3. The predicted octanol–water partition coefficient (Wildman–Crippen LogP) is 3.39. The number of hydrogen-bond donors (Lipinski definition) is 4. The number of imidazole rings is 1. The lowest BCUT2D eigenvalue weighted by Crippen LogP contribution is -2.46. The molecule has 2 aromatic heterocycles. The number of aromatic nitrogens is 3. The first kappa shape index (κ1) is 28.6. The van der Waals surface area contributed by atoms with Crippen LogP contribution in [0.5, 0.6) is 5.75 Å². The van der Waals surface area contributed by atoms with E-state index in [0.29, 0.717) is 27.8 Å². The highest BCUT2D eigenvalue weighted by Gasteiger charge is 2.41. The van der Waals surface area contributed by atoms with Crippen LogP contribution in [-0.4, -0.2) is 87.1 Å². The van der Waals surface area contributed by atoms with Gasteiger partial charge < -0.3 is 30.0 Å². The van der Waals surface area contributed by atoms with Crippen molar-refractivity contribution in [3.63, 3.8) is 0 Å². The monoisotopic (exact) mass is 584 g/mol. The number of nitrogens with one attached hydrogen (secondary N) is 3. The van der Waals surface area contributed by atoms with Gasteiger partial charge in [-0.25, -0.2) is 4.98 Å². The number of aliphatic hydroxyl groups excluding tert-OH is 1. The van der Waals surface area contributed by atoms with Gasteiger partial charge in [0.2, 0.25) is 0 Å². The lowest BCUT2D eigenvalue weighted by Gasteiger charge is -2.33. The molecule has 0 aliphatic carbocycles. The van der Waals surface area contributed by atoms with Crippen molar-refractivity contribution in [1.82, 2.24) is 24.8 Å². The molecular formula is C32H36N6O5. The highest BCUT2D eigenvalue weighted by molar-refractivity contribution is 6.23. The molecule has 43 heavy (non-hydrogen) atoms. The largest absolute Gasteiger partial charge is 0.490 e. The third-order valence-electron chi connectivity index (χ3n) is 8.32. The first-order valence-electron chi connectivity index (χ1n) is 14.6. The van der Waals surface area contributed by atoms with Gasteiger partial charge in [0, 0.05) is 18.8 Å². The average Bonchev–Trinajstić information content (AvgIpc) is 3.48. The van der Waals surface area contributed by atoms with Crippen LogP contribution in [0.2, 0.25) is 0 Å². The second kappa shape index (κ2) is 11.3. The van der Waals surface area contributed by atoms with Crippen molar-refractivity contribution in [2.45, 2.75) is 45.8 Å². The van der Waals surface area contributed by atoms with Gasteiger partial charge in [0.25, 0.3) is 17.4 Å². The van der Waals surface area contributed by atoms with Crippen molar-refractivity contribution in [3.8, 4) is 17.1 Å². The number of aromatic amines is 2. The SMILES string of the molecule is Cc1cc(C)c(OCC(O)CNc2cc[nH]c(=O)c2-c2nc3cc4c(cc3[nH]2)C(=O)N(C2CCN(C)CC2)C4=O)c(C)c1. The fraction of sp³-hybridized carbons (Fsp3) is 0.375. The lowest BCUT2D eigenvalue weighted by molar-refractivity contribution is 0.0516. The van der Waals surface area contributed by atoms with Crippen LogP contribution in [-0.2, 0) is 0 Å². The fourth-order valence-corrected chi connectivity index (χ4v) is 6.19. The number of hydrogen-bond acceptors (Lipinski definition) is 8. The minimum atomic E-state index is -0.851. The molecule has 2 amide bonds. The lowest BCUT2D eigenvalue weighted by atomic mass is 10.0. The van der Waals surface area contributed by atoms with Crippen LogP contribution < -0.4 is 15.6 Å². The Balaban J connectivity index is 1.20. The number of fused-ring (bicyclic) bond motifs is 2. The quantitative estimate of drug-likeness (QED) is 0.231. The van der Waals surface area contributed by atoms with E-state index in [1.54, 1.807) is 18.2 Å². The van der Waals surface area contributed by atoms with Gasteiger partial charge in [-0.2, -0.15) is 0 Å². The molecule has 1 fully saturated rings. The summed E-state index contributed by atoms with van der Waals surface area (Å²) < 4.78 is 5.92. The van der Waals surface area contributed by atoms with Crippen molar-refractivity contribution in [3.05, 3.63) is 74.7 Å². The van der Waals surface area contributed by atoms with Gasteiger partial charge in [0.15, 0.2) is 0 Å². The van der Waals surface area contributed by atoms with Gasteiger partial charge in [-0.1, -0.05) is 17.7 Å². The third-order valence-corrected chi connectivity index (χ3v) is 8.32. The molecule has 1 saturated heterocycles. The van der Waals surface area contributed by atoms with Gasteiger partial charge in [-0.15, -0.1) is 0 Å². The number of likely N-dealkylation sites (tertiary alicyclic amines) is 1. The highest BCUT2D eigenvalue weighted by atomic mass is 16.5. The minimum absolute atomic E-state index is 0.0725. The Morgan fingerprint density at radius 1 is 1.05 bits per heavy atom. The van der Waals surface area contributed by atoms with Gasteiger partial charge in [0.1, 0.15) is 29.8 Å². The van der Waals surface area contributed by atoms with Crippen molar-refractivity contribution in [1.29, 1.82) is 0 Å². The molecule has 1 atom stereocenters. The molecule has 2 aliphatic rings. The molecule has 0 bridgehead atoms. The Morgan fingerprint density at radius 3 is 2.42 bits per heavy atom. The Labute approximate surface area is 248 Å². The van der Waals surface area contributed by atoms with E-state index in [1.165, 1.54) is 11.1 Å². The van der Waals surface area contributed by atoms with E-state index in [1.807, 2.05) is 40.0 Å². The van der Waals surface area contributed by atoms with Crippen LogP contribution in [0.4, 0.5) is 5.69 Å². The van der Waals surface area contributed by atoms with Crippen molar-refractivity contribution < 1.29 is 19.4 Å². The van der Waals surface area contributed by atoms with Crippen LogP contribution >= 0.6 is 0 Å². The summed E-state index contributed by atoms with van der Waals surface area (Å²) in [6, 6.07) is 8.92. The molecule has 2 aromatic carbocycles.